The Morgan fingerprint density at radius 3 is 2.62 bits per heavy atom. The van der Waals surface area contributed by atoms with Crippen molar-refractivity contribution in [1.82, 2.24) is 14.8 Å². The van der Waals surface area contributed by atoms with Crippen molar-refractivity contribution in [2.24, 2.45) is 0 Å². The van der Waals surface area contributed by atoms with Gasteiger partial charge in [0.2, 0.25) is 0 Å². The zero-order valence-electron chi connectivity index (χ0n) is 9.66. The van der Waals surface area contributed by atoms with Crippen LogP contribution in [0.15, 0.2) is 18.2 Å². The van der Waals surface area contributed by atoms with Gasteiger partial charge < -0.3 is 0 Å². The van der Waals surface area contributed by atoms with Crippen molar-refractivity contribution < 1.29 is 4.39 Å². The van der Waals surface area contributed by atoms with Crippen LogP contribution < -0.4 is 0 Å². The standard InChI is InChI=1S/C12H14FN3/c1-4-10-5-6-11(13)7-12(10)16-9(3)14-8(2)15-16/h5-7H,4H2,1-3H3. The molecule has 3 nitrogen and oxygen atoms in total. The summed E-state index contributed by atoms with van der Waals surface area (Å²) in [6, 6.07) is 4.77. The lowest BCUT2D eigenvalue weighted by Crippen LogP contribution is -2.04. The molecular formula is C12H14FN3. The van der Waals surface area contributed by atoms with Crippen molar-refractivity contribution >= 4 is 0 Å². The summed E-state index contributed by atoms with van der Waals surface area (Å²) in [6.07, 6.45) is 0.841. The van der Waals surface area contributed by atoms with Crippen LogP contribution in [0.3, 0.4) is 0 Å². The van der Waals surface area contributed by atoms with E-state index in [2.05, 4.69) is 10.1 Å². The number of nitrogens with zero attached hydrogens (tertiary/aromatic N) is 3. The lowest BCUT2D eigenvalue weighted by atomic mass is 10.1. The first-order chi connectivity index (χ1) is 7.61. The molecule has 0 saturated heterocycles. The van der Waals surface area contributed by atoms with Crippen LogP contribution >= 0.6 is 0 Å². The van der Waals surface area contributed by atoms with E-state index in [1.807, 2.05) is 20.8 Å². The predicted molar refractivity (Wildman–Crippen MR) is 60.2 cm³/mol. The average molecular weight is 219 g/mol. The van der Waals surface area contributed by atoms with Gasteiger partial charge in [0, 0.05) is 0 Å². The first-order valence-corrected chi connectivity index (χ1v) is 5.31. The zero-order chi connectivity index (χ0) is 11.7. The summed E-state index contributed by atoms with van der Waals surface area (Å²) in [5.41, 5.74) is 1.84. The quantitative estimate of drug-likeness (QED) is 0.777. The van der Waals surface area contributed by atoms with Crippen LogP contribution in [0.5, 0.6) is 0 Å². The summed E-state index contributed by atoms with van der Waals surface area (Å²) >= 11 is 0. The Kier molecular flexibility index (Phi) is 2.73. The second-order valence-corrected chi connectivity index (χ2v) is 3.74. The van der Waals surface area contributed by atoms with Gasteiger partial charge in [-0.25, -0.2) is 14.1 Å². The van der Waals surface area contributed by atoms with Gasteiger partial charge in [-0.1, -0.05) is 13.0 Å². The number of hydrogen-bond donors (Lipinski definition) is 0. The molecule has 0 aliphatic rings. The van der Waals surface area contributed by atoms with Crippen molar-refractivity contribution in [3.63, 3.8) is 0 Å². The molecule has 0 aliphatic carbocycles. The van der Waals surface area contributed by atoms with Crippen LogP contribution in [0.25, 0.3) is 5.69 Å². The molecule has 1 heterocycles. The molecule has 1 aromatic carbocycles. The summed E-state index contributed by atoms with van der Waals surface area (Å²) in [6.45, 7) is 5.73. The highest BCUT2D eigenvalue weighted by Crippen LogP contribution is 2.17. The number of rotatable bonds is 2. The van der Waals surface area contributed by atoms with Crippen molar-refractivity contribution in [3.05, 3.63) is 41.2 Å². The minimum atomic E-state index is -0.250. The van der Waals surface area contributed by atoms with Gasteiger partial charge in [0.05, 0.1) is 5.69 Å². The fraction of sp³-hybridized carbons (Fsp3) is 0.333. The molecule has 0 unspecified atom stereocenters. The van der Waals surface area contributed by atoms with E-state index in [-0.39, 0.29) is 5.82 Å². The Hall–Kier alpha value is -1.71. The van der Waals surface area contributed by atoms with Gasteiger partial charge in [-0.15, -0.1) is 0 Å². The Labute approximate surface area is 93.9 Å². The Morgan fingerprint density at radius 1 is 1.31 bits per heavy atom. The van der Waals surface area contributed by atoms with E-state index in [4.69, 9.17) is 0 Å². The van der Waals surface area contributed by atoms with Crippen LogP contribution in [0.2, 0.25) is 0 Å². The van der Waals surface area contributed by atoms with E-state index < -0.39 is 0 Å². The number of halogens is 1. The van der Waals surface area contributed by atoms with E-state index in [0.29, 0.717) is 5.82 Å². The van der Waals surface area contributed by atoms with Gasteiger partial charge >= 0.3 is 0 Å². The molecule has 2 rings (SSSR count). The number of hydrogen-bond acceptors (Lipinski definition) is 2. The molecule has 0 bridgehead atoms. The summed E-state index contributed by atoms with van der Waals surface area (Å²) in [7, 11) is 0. The summed E-state index contributed by atoms with van der Waals surface area (Å²) in [4.78, 5) is 4.22. The predicted octanol–water partition coefficient (Wildman–Crippen LogP) is 2.59. The Bertz CT molecular complexity index is 517. The van der Waals surface area contributed by atoms with Gasteiger partial charge in [-0.3, -0.25) is 0 Å². The molecule has 0 aliphatic heterocycles. The molecule has 0 atom stereocenters. The molecule has 4 heteroatoms. The zero-order valence-corrected chi connectivity index (χ0v) is 9.66. The van der Waals surface area contributed by atoms with Gasteiger partial charge in [0.15, 0.2) is 0 Å². The largest absolute Gasteiger partial charge is 0.218 e. The van der Waals surface area contributed by atoms with E-state index in [9.17, 15) is 4.39 Å². The molecule has 16 heavy (non-hydrogen) atoms. The minimum absolute atomic E-state index is 0.250. The molecule has 0 amide bonds. The van der Waals surface area contributed by atoms with Gasteiger partial charge in [-0.2, -0.15) is 5.10 Å². The van der Waals surface area contributed by atoms with Gasteiger partial charge in [-0.05, 0) is 38.0 Å². The van der Waals surface area contributed by atoms with Crippen LogP contribution in [-0.2, 0) is 6.42 Å². The highest BCUT2D eigenvalue weighted by molar-refractivity contribution is 5.41. The van der Waals surface area contributed by atoms with Crippen molar-refractivity contribution in [3.8, 4) is 5.69 Å². The molecule has 84 valence electrons. The molecule has 0 saturated carbocycles. The lowest BCUT2D eigenvalue weighted by molar-refractivity contribution is 0.623. The SMILES string of the molecule is CCc1ccc(F)cc1-n1nc(C)nc1C. The molecule has 1 aromatic heterocycles. The maximum absolute atomic E-state index is 13.2. The van der Waals surface area contributed by atoms with E-state index in [0.717, 1.165) is 23.5 Å². The highest BCUT2D eigenvalue weighted by atomic mass is 19.1. The molecule has 0 fully saturated rings. The maximum atomic E-state index is 13.2. The Balaban J connectivity index is 2.62. The third-order valence-electron chi connectivity index (χ3n) is 2.53. The molecule has 0 radical (unpaired) electrons. The molecule has 0 N–H and O–H groups in total. The topological polar surface area (TPSA) is 30.7 Å². The van der Waals surface area contributed by atoms with E-state index in [1.54, 1.807) is 10.7 Å². The second kappa shape index (κ2) is 4.04. The van der Waals surface area contributed by atoms with Crippen molar-refractivity contribution in [2.45, 2.75) is 27.2 Å². The Morgan fingerprint density at radius 2 is 2.06 bits per heavy atom. The van der Waals surface area contributed by atoms with Crippen LogP contribution in [-0.4, -0.2) is 14.8 Å². The fourth-order valence-corrected chi connectivity index (χ4v) is 1.78. The fourth-order valence-electron chi connectivity index (χ4n) is 1.78. The van der Waals surface area contributed by atoms with Crippen LogP contribution in [0.1, 0.15) is 24.1 Å². The smallest absolute Gasteiger partial charge is 0.148 e. The number of aromatic nitrogens is 3. The van der Waals surface area contributed by atoms with Crippen molar-refractivity contribution in [2.75, 3.05) is 0 Å². The summed E-state index contributed by atoms with van der Waals surface area (Å²) < 4.78 is 14.9. The summed E-state index contributed by atoms with van der Waals surface area (Å²) in [5, 5.41) is 4.27. The third-order valence-corrected chi connectivity index (χ3v) is 2.53. The highest BCUT2D eigenvalue weighted by Gasteiger charge is 2.09. The van der Waals surface area contributed by atoms with Gasteiger partial charge in [0.1, 0.15) is 17.5 Å². The van der Waals surface area contributed by atoms with Gasteiger partial charge in [0.25, 0.3) is 0 Å². The van der Waals surface area contributed by atoms with Crippen LogP contribution in [0, 0.1) is 19.7 Å². The average Bonchev–Trinajstić information content (AvgIpc) is 2.57. The molecular weight excluding hydrogens is 205 g/mol. The number of benzene rings is 1. The third kappa shape index (κ3) is 1.83. The monoisotopic (exact) mass is 219 g/mol. The molecule has 0 spiro atoms. The minimum Gasteiger partial charge on any atom is -0.218 e. The summed E-state index contributed by atoms with van der Waals surface area (Å²) in [5.74, 6) is 1.22. The van der Waals surface area contributed by atoms with Crippen LogP contribution in [0.4, 0.5) is 4.39 Å². The molecule has 2 aromatic rings. The first-order valence-electron chi connectivity index (χ1n) is 5.31. The first kappa shape index (κ1) is 10.8. The number of aryl methyl sites for hydroxylation is 3. The van der Waals surface area contributed by atoms with E-state index in [1.165, 1.54) is 12.1 Å². The lowest BCUT2D eigenvalue weighted by Gasteiger charge is -2.08. The second-order valence-electron chi connectivity index (χ2n) is 3.74. The normalized spacial score (nSPS) is 10.8. The van der Waals surface area contributed by atoms with Crippen molar-refractivity contribution in [1.29, 1.82) is 0 Å². The van der Waals surface area contributed by atoms with E-state index >= 15 is 0 Å². The maximum Gasteiger partial charge on any atom is 0.148 e.